The van der Waals surface area contributed by atoms with Crippen LogP contribution >= 0.6 is 0 Å². The van der Waals surface area contributed by atoms with E-state index in [1.54, 1.807) is 7.11 Å². The Labute approximate surface area is 240 Å². The van der Waals surface area contributed by atoms with Crippen molar-refractivity contribution in [1.29, 1.82) is 0 Å². The average Bonchev–Trinajstić information content (AvgIpc) is 3.00. The predicted octanol–water partition coefficient (Wildman–Crippen LogP) is 8.53. The van der Waals surface area contributed by atoms with Crippen molar-refractivity contribution >= 4 is 0 Å². The van der Waals surface area contributed by atoms with Gasteiger partial charge in [0.05, 0.1) is 26.5 Å². The first-order valence-corrected chi connectivity index (χ1v) is 15.4. The molecule has 0 bridgehead atoms. The maximum atomic E-state index is 12.5. The summed E-state index contributed by atoms with van der Waals surface area (Å²) in [6, 6.07) is 15.1. The summed E-state index contributed by atoms with van der Waals surface area (Å²) in [5.41, 5.74) is 4.41. The standard InChI is InChI=1S/C35H49FO4/c1-26(25-37)17-19-39-34-22-33(23-35(24-34)40-21-20-38-2)32-15-13-31(14-16-32)30-11-9-29(10-12-30)28-7-5-27(6-8-28)4-3-18-36/h13-16,22-24,27-30,37H,1,3-12,17-21,25H2,2H3. The van der Waals surface area contributed by atoms with Crippen LogP contribution in [0, 0.1) is 17.8 Å². The molecule has 220 valence electrons. The van der Waals surface area contributed by atoms with Crippen LogP contribution in [0.4, 0.5) is 4.39 Å². The number of halogens is 1. The zero-order chi connectivity index (χ0) is 28.2. The number of benzene rings is 2. The van der Waals surface area contributed by atoms with Crippen LogP contribution in [0.5, 0.6) is 11.5 Å². The predicted molar refractivity (Wildman–Crippen MR) is 161 cm³/mol. The molecule has 0 aromatic heterocycles. The van der Waals surface area contributed by atoms with E-state index in [-0.39, 0.29) is 13.3 Å². The first kappa shape index (κ1) is 30.6. The van der Waals surface area contributed by atoms with Crippen LogP contribution in [-0.2, 0) is 4.74 Å². The largest absolute Gasteiger partial charge is 0.493 e. The van der Waals surface area contributed by atoms with Crippen LogP contribution < -0.4 is 9.47 Å². The van der Waals surface area contributed by atoms with E-state index in [1.807, 2.05) is 6.07 Å². The molecule has 0 aliphatic heterocycles. The molecule has 2 aliphatic rings. The molecule has 0 heterocycles. The highest BCUT2D eigenvalue weighted by atomic mass is 19.1. The fourth-order valence-electron chi connectivity index (χ4n) is 6.73. The van der Waals surface area contributed by atoms with Gasteiger partial charge in [0, 0.05) is 19.6 Å². The molecule has 2 fully saturated rings. The minimum Gasteiger partial charge on any atom is -0.493 e. The van der Waals surface area contributed by atoms with Gasteiger partial charge in [0.1, 0.15) is 18.1 Å². The second-order valence-electron chi connectivity index (χ2n) is 11.9. The van der Waals surface area contributed by atoms with Crippen LogP contribution in [0.3, 0.4) is 0 Å². The summed E-state index contributed by atoms with van der Waals surface area (Å²) in [5.74, 6) is 4.69. The molecule has 5 heteroatoms. The summed E-state index contributed by atoms with van der Waals surface area (Å²) in [6.07, 6.45) is 13.1. The van der Waals surface area contributed by atoms with Crippen molar-refractivity contribution in [3.05, 3.63) is 60.2 Å². The number of aliphatic hydroxyl groups excluding tert-OH is 1. The van der Waals surface area contributed by atoms with Gasteiger partial charge in [-0.25, -0.2) is 0 Å². The maximum absolute atomic E-state index is 12.5. The van der Waals surface area contributed by atoms with Crippen LogP contribution in [0.2, 0.25) is 0 Å². The Morgan fingerprint density at radius 1 is 0.825 bits per heavy atom. The van der Waals surface area contributed by atoms with E-state index in [1.165, 1.54) is 56.9 Å². The lowest BCUT2D eigenvalue weighted by Crippen LogP contribution is -2.25. The highest BCUT2D eigenvalue weighted by molar-refractivity contribution is 5.67. The van der Waals surface area contributed by atoms with E-state index in [9.17, 15) is 9.50 Å². The first-order valence-electron chi connectivity index (χ1n) is 15.4. The van der Waals surface area contributed by atoms with Crippen molar-refractivity contribution in [2.45, 2.75) is 76.5 Å². The van der Waals surface area contributed by atoms with Crippen LogP contribution in [0.25, 0.3) is 11.1 Å². The van der Waals surface area contributed by atoms with Crippen LogP contribution in [-0.4, -0.2) is 45.3 Å². The van der Waals surface area contributed by atoms with Crippen molar-refractivity contribution in [2.75, 3.05) is 40.2 Å². The van der Waals surface area contributed by atoms with Crippen molar-refractivity contribution in [3.8, 4) is 22.6 Å². The van der Waals surface area contributed by atoms with Gasteiger partial charge in [-0.1, -0.05) is 43.7 Å². The number of alkyl halides is 1. The first-order chi connectivity index (χ1) is 19.6. The summed E-state index contributed by atoms with van der Waals surface area (Å²) < 4.78 is 29.6. The van der Waals surface area contributed by atoms with Crippen molar-refractivity contribution < 1.29 is 23.7 Å². The number of hydrogen-bond acceptors (Lipinski definition) is 4. The lowest BCUT2D eigenvalue weighted by atomic mass is 9.68. The van der Waals surface area contributed by atoms with Gasteiger partial charge in [-0.3, -0.25) is 4.39 Å². The minimum atomic E-state index is -0.154. The summed E-state index contributed by atoms with van der Waals surface area (Å²) in [7, 11) is 1.67. The molecule has 0 radical (unpaired) electrons. The number of methoxy groups -OCH3 is 1. The number of ether oxygens (including phenoxy) is 3. The molecule has 1 N–H and O–H groups in total. The maximum Gasteiger partial charge on any atom is 0.123 e. The zero-order valence-corrected chi connectivity index (χ0v) is 24.4. The summed E-state index contributed by atoms with van der Waals surface area (Å²) in [5, 5.41) is 9.21. The second kappa shape index (κ2) is 16.2. The van der Waals surface area contributed by atoms with Crippen molar-refractivity contribution in [3.63, 3.8) is 0 Å². The minimum absolute atomic E-state index is 0.0214. The van der Waals surface area contributed by atoms with Gasteiger partial charge in [0.25, 0.3) is 0 Å². The van der Waals surface area contributed by atoms with Gasteiger partial charge >= 0.3 is 0 Å². The Morgan fingerprint density at radius 2 is 1.45 bits per heavy atom. The van der Waals surface area contributed by atoms with Gasteiger partial charge in [0.15, 0.2) is 0 Å². The number of hydrogen-bond donors (Lipinski definition) is 1. The Morgan fingerprint density at radius 3 is 2.05 bits per heavy atom. The normalized spacial score (nSPS) is 23.1. The molecular formula is C35H49FO4. The number of rotatable bonds is 15. The summed E-state index contributed by atoms with van der Waals surface area (Å²) >= 11 is 0. The molecule has 2 saturated carbocycles. The molecule has 0 saturated heterocycles. The molecule has 0 spiro atoms. The molecule has 4 nitrogen and oxygen atoms in total. The van der Waals surface area contributed by atoms with Crippen molar-refractivity contribution in [1.82, 2.24) is 0 Å². The molecule has 4 rings (SSSR count). The smallest absolute Gasteiger partial charge is 0.123 e. The molecular weight excluding hydrogens is 503 g/mol. The van der Waals surface area contributed by atoms with Crippen molar-refractivity contribution in [2.24, 2.45) is 17.8 Å². The third kappa shape index (κ3) is 9.07. The van der Waals surface area contributed by atoms with Gasteiger partial charge < -0.3 is 19.3 Å². The molecule has 0 atom stereocenters. The third-order valence-electron chi connectivity index (χ3n) is 9.18. The molecule has 40 heavy (non-hydrogen) atoms. The summed E-state index contributed by atoms with van der Waals surface area (Å²) in [6.45, 7) is 5.13. The highest BCUT2D eigenvalue weighted by Crippen LogP contribution is 2.44. The lowest BCUT2D eigenvalue weighted by molar-refractivity contribution is 0.146. The fraction of sp³-hybridized carbons (Fsp3) is 0.600. The monoisotopic (exact) mass is 552 g/mol. The van der Waals surface area contributed by atoms with E-state index in [4.69, 9.17) is 14.2 Å². The van der Waals surface area contributed by atoms with Gasteiger partial charge in [-0.15, -0.1) is 0 Å². The second-order valence-corrected chi connectivity index (χ2v) is 11.9. The van der Waals surface area contributed by atoms with Crippen LogP contribution in [0.15, 0.2) is 54.6 Å². The molecule has 0 amide bonds. The molecule has 2 aromatic carbocycles. The Kier molecular flexibility index (Phi) is 12.4. The molecule has 2 aliphatic carbocycles. The van der Waals surface area contributed by atoms with E-state index in [0.717, 1.165) is 58.8 Å². The Hall–Kier alpha value is -2.37. The third-order valence-corrected chi connectivity index (χ3v) is 9.18. The zero-order valence-electron chi connectivity index (χ0n) is 24.4. The highest BCUT2D eigenvalue weighted by Gasteiger charge is 2.31. The molecule has 0 unspecified atom stereocenters. The van der Waals surface area contributed by atoms with E-state index >= 15 is 0 Å². The SMILES string of the molecule is C=C(CO)CCOc1cc(OCCOC)cc(-c2ccc(C3CCC(C4CCC(CCCF)CC4)CC3)cc2)c1. The van der Waals surface area contributed by atoms with Gasteiger partial charge in [-0.2, -0.15) is 0 Å². The Balaban J connectivity index is 1.34. The number of aliphatic hydroxyl groups is 1. The average molecular weight is 553 g/mol. The topological polar surface area (TPSA) is 47.9 Å². The van der Waals surface area contributed by atoms with Crippen LogP contribution in [0.1, 0.15) is 82.1 Å². The Bertz CT molecular complexity index is 1020. The van der Waals surface area contributed by atoms with Gasteiger partial charge in [0.2, 0.25) is 0 Å². The quantitative estimate of drug-likeness (QED) is 0.178. The van der Waals surface area contributed by atoms with E-state index < -0.39 is 0 Å². The lowest BCUT2D eigenvalue weighted by Gasteiger charge is -2.38. The summed E-state index contributed by atoms with van der Waals surface area (Å²) in [4.78, 5) is 0. The fourth-order valence-corrected chi connectivity index (χ4v) is 6.73. The van der Waals surface area contributed by atoms with E-state index in [2.05, 4.69) is 43.0 Å². The van der Waals surface area contributed by atoms with Gasteiger partial charge in [-0.05, 0) is 109 Å². The molecule has 2 aromatic rings. The van der Waals surface area contributed by atoms with E-state index in [0.29, 0.717) is 32.2 Å².